The Labute approximate surface area is 170 Å². The minimum Gasteiger partial charge on any atom is -0.322 e. The van der Waals surface area contributed by atoms with Crippen molar-refractivity contribution in [1.29, 1.82) is 0 Å². The van der Waals surface area contributed by atoms with Gasteiger partial charge in [0.05, 0.1) is 11.2 Å². The third kappa shape index (κ3) is 4.50. The number of hydrogen-bond acceptors (Lipinski definition) is 6. The van der Waals surface area contributed by atoms with E-state index in [1.54, 1.807) is 41.2 Å². The molecule has 2 N–H and O–H groups in total. The number of rotatable bonds is 5. The number of aromatic nitrogens is 3. The van der Waals surface area contributed by atoms with Crippen LogP contribution in [0.3, 0.4) is 0 Å². The third-order valence-corrected chi connectivity index (χ3v) is 4.61. The number of hydrogen-bond donors (Lipinski definition) is 2. The van der Waals surface area contributed by atoms with Gasteiger partial charge in [-0.2, -0.15) is 0 Å². The summed E-state index contributed by atoms with van der Waals surface area (Å²) in [6.45, 7) is 0. The van der Waals surface area contributed by atoms with Crippen LogP contribution in [0.5, 0.6) is 0 Å². The van der Waals surface area contributed by atoms with Crippen LogP contribution in [0.4, 0.5) is 11.5 Å². The molecule has 0 bridgehead atoms. The van der Waals surface area contributed by atoms with Crippen molar-refractivity contribution in [2.24, 2.45) is 0 Å². The van der Waals surface area contributed by atoms with Crippen LogP contribution < -0.4 is 10.6 Å². The van der Waals surface area contributed by atoms with Crippen LogP contribution >= 0.6 is 11.3 Å². The molecule has 142 valence electrons. The van der Waals surface area contributed by atoms with E-state index in [0.29, 0.717) is 22.8 Å². The maximum absolute atomic E-state index is 12.5. The molecule has 2 aromatic heterocycles. The molecule has 4 aromatic rings. The predicted octanol–water partition coefficient (Wildman–Crippen LogP) is 4.10. The van der Waals surface area contributed by atoms with Gasteiger partial charge in [-0.3, -0.25) is 9.59 Å². The van der Waals surface area contributed by atoms with E-state index in [0.717, 1.165) is 11.3 Å². The zero-order chi connectivity index (χ0) is 20.1. The Morgan fingerprint density at radius 1 is 0.828 bits per heavy atom. The quantitative estimate of drug-likeness (QED) is 0.525. The summed E-state index contributed by atoms with van der Waals surface area (Å²) in [5.74, 6) is -0.226. The Morgan fingerprint density at radius 2 is 1.69 bits per heavy atom. The minimum atomic E-state index is -0.340. The summed E-state index contributed by atoms with van der Waals surface area (Å²) in [4.78, 5) is 28.5. The first kappa shape index (κ1) is 18.5. The van der Waals surface area contributed by atoms with Crippen LogP contribution in [0.15, 0.2) is 77.6 Å². The van der Waals surface area contributed by atoms with Crippen LogP contribution in [0.25, 0.3) is 11.3 Å². The Morgan fingerprint density at radius 3 is 2.41 bits per heavy atom. The summed E-state index contributed by atoms with van der Waals surface area (Å²) in [6.07, 6.45) is 0. The molecule has 29 heavy (non-hydrogen) atoms. The van der Waals surface area contributed by atoms with Gasteiger partial charge >= 0.3 is 0 Å². The lowest BCUT2D eigenvalue weighted by molar-refractivity contribution is 0.101. The van der Waals surface area contributed by atoms with Crippen molar-refractivity contribution in [2.45, 2.75) is 0 Å². The first-order valence-electron chi connectivity index (χ1n) is 8.69. The van der Waals surface area contributed by atoms with Gasteiger partial charge in [0.15, 0.2) is 5.82 Å². The van der Waals surface area contributed by atoms with Gasteiger partial charge in [0.2, 0.25) is 0 Å². The van der Waals surface area contributed by atoms with Crippen LogP contribution in [0, 0.1) is 0 Å². The number of amides is 2. The lowest BCUT2D eigenvalue weighted by Gasteiger charge is -2.07. The van der Waals surface area contributed by atoms with Gasteiger partial charge in [0.1, 0.15) is 5.69 Å². The second kappa shape index (κ2) is 8.41. The topological polar surface area (TPSA) is 96.9 Å². The normalized spacial score (nSPS) is 10.3. The van der Waals surface area contributed by atoms with Crippen molar-refractivity contribution in [3.05, 3.63) is 88.9 Å². The second-order valence-electron chi connectivity index (χ2n) is 6.03. The van der Waals surface area contributed by atoms with E-state index in [9.17, 15) is 9.59 Å². The van der Waals surface area contributed by atoms with Crippen LogP contribution in [0.2, 0.25) is 0 Å². The fraction of sp³-hybridized carbons (Fsp3) is 0. The first-order valence-corrected chi connectivity index (χ1v) is 9.63. The summed E-state index contributed by atoms with van der Waals surface area (Å²) >= 11 is 1.34. The highest BCUT2D eigenvalue weighted by molar-refractivity contribution is 7.07. The molecule has 0 aliphatic rings. The maximum Gasteiger partial charge on any atom is 0.276 e. The molecule has 0 aliphatic carbocycles. The average molecular weight is 401 g/mol. The molecule has 7 nitrogen and oxygen atoms in total. The number of thiazole rings is 1. The van der Waals surface area contributed by atoms with Crippen molar-refractivity contribution >= 4 is 34.7 Å². The van der Waals surface area contributed by atoms with Crippen molar-refractivity contribution in [1.82, 2.24) is 15.2 Å². The lowest BCUT2D eigenvalue weighted by Crippen LogP contribution is -2.13. The molecule has 0 saturated carbocycles. The molecule has 0 fully saturated rings. The third-order valence-electron chi connectivity index (χ3n) is 4.02. The van der Waals surface area contributed by atoms with Crippen molar-refractivity contribution < 1.29 is 9.59 Å². The molecule has 2 amide bonds. The highest BCUT2D eigenvalue weighted by atomic mass is 32.1. The Hall–Kier alpha value is -3.91. The van der Waals surface area contributed by atoms with Gasteiger partial charge in [-0.25, -0.2) is 4.98 Å². The Kier molecular flexibility index (Phi) is 5.35. The molecule has 0 unspecified atom stereocenters. The van der Waals surface area contributed by atoms with E-state index in [4.69, 9.17) is 0 Å². The van der Waals surface area contributed by atoms with Gasteiger partial charge in [-0.1, -0.05) is 30.3 Å². The SMILES string of the molecule is O=C(Nc1ccccc1)c1cccc(-c2ccc(NC(=O)c3cscn3)nn2)c1. The second-order valence-corrected chi connectivity index (χ2v) is 6.75. The van der Waals surface area contributed by atoms with E-state index in [1.165, 1.54) is 11.3 Å². The summed E-state index contributed by atoms with van der Waals surface area (Å²) in [5.41, 5.74) is 4.49. The molecule has 2 heterocycles. The summed E-state index contributed by atoms with van der Waals surface area (Å²) in [5, 5.41) is 15.4. The highest BCUT2D eigenvalue weighted by Crippen LogP contribution is 2.20. The molecule has 0 aliphatic heterocycles. The Balaban J connectivity index is 1.48. The number of anilines is 2. The van der Waals surface area contributed by atoms with E-state index < -0.39 is 0 Å². The predicted molar refractivity (Wildman–Crippen MR) is 112 cm³/mol. The van der Waals surface area contributed by atoms with E-state index in [1.807, 2.05) is 36.4 Å². The standard InChI is InChI=1S/C21H15N5O2S/c27-20(23-16-7-2-1-3-8-16)15-6-4-5-14(11-15)17-9-10-19(26-25-17)24-21(28)18-12-29-13-22-18/h1-13H,(H,23,27)(H,24,26,28). The highest BCUT2D eigenvalue weighted by Gasteiger charge is 2.11. The summed E-state index contributed by atoms with van der Waals surface area (Å²) in [6, 6.07) is 19.8. The fourth-order valence-corrected chi connectivity index (χ4v) is 3.13. The smallest absolute Gasteiger partial charge is 0.276 e. The van der Waals surface area contributed by atoms with Crippen LogP contribution in [-0.2, 0) is 0 Å². The molecule has 0 saturated heterocycles. The minimum absolute atomic E-state index is 0.210. The molecular formula is C21H15N5O2S. The van der Waals surface area contributed by atoms with Gasteiger partial charge in [-0.15, -0.1) is 21.5 Å². The average Bonchev–Trinajstić information content (AvgIpc) is 3.30. The zero-order valence-electron chi connectivity index (χ0n) is 15.1. The van der Waals surface area contributed by atoms with Gasteiger partial charge in [0.25, 0.3) is 11.8 Å². The zero-order valence-corrected chi connectivity index (χ0v) is 15.9. The molecule has 0 spiro atoms. The maximum atomic E-state index is 12.5. The molecule has 8 heteroatoms. The fourth-order valence-electron chi connectivity index (χ4n) is 2.60. The van der Waals surface area contributed by atoms with Gasteiger partial charge < -0.3 is 10.6 Å². The molecule has 2 aromatic carbocycles. The van der Waals surface area contributed by atoms with Crippen molar-refractivity contribution in [3.63, 3.8) is 0 Å². The number of para-hydroxylation sites is 1. The lowest BCUT2D eigenvalue weighted by atomic mass is 10.1. The molecule has 4 rings (SSSR count). The number of benzene rings is 2. The monoisotopic (exact) mass is 401 g/mol. The van der Waals surface area contributed by atoms with Gasteiger partial charge in [0, 0.05) is 22.2 Å². The van der Waals surface area contributed by atoms with Crippen molar-refractivity contribution in [3.8, 4) is 11.3 Å². The largest absolute Gasteiger partial charge is 0.322 e. The van der Waals surface area contributed by atoms with Crippen molar-refractivity contribution in [2.75, 3.05) is 10.6 Å². The van der Waals surface area contributed by atoms with Crippen LogP contribution in [-0.4, -0.2) is 27.0 Å². The number of nitrogens with zero attached hydrogens (tertiary/aromatic N) is 3. The van der Waals surface area contributed by atoms with E-state index in [-0.39, 0.29) is 11.8 Å². The number of carbonyl (C=O) groups excluding carboxylic acids is 2. The summed E-state index contributed by atoms with van der Waals surface area (Å²) in [7, 11) is 0. The van der Waals surface area contributed by atoms with Crippen LogP contribution in [0.1, 0.15) is 20.8 Å². The van der Waals surface area contributed by atoms with E-state index >= 15 is 0 Å². The number of nitrogens with one attached hydrogen (secondary N) is 2. The Bertz CT molecular complexity index is 1130. The summed E-state index contributed by atoms with van der Waals surface area (Å²) < 4.78 is 0. The first-order chi connectivity index (χ1) is 14.2. The number of carbonyl (C=O) groups is 2. The van der Waals surface area contributed by atoms with E-state index in [2.05, 4.69) is 25.8 Å². The molecular weight excluding hydrogens is 386 g/mol. The molecule has 0 atom stereocenters. The van der Waals surface area contributed by atoms with Gasteiger partial charge in [-0.05, 0) is 36.4 Å². The molecule has 0 radical (unpaired) electrons.